The molecular weight excluding hydrogens is 231 g/mol. The van der Waals surface area contributed by atoms with Gasteiger partial charge in [0.2, 0.25) is 0 Å². The number of nitrogens with zero attached hydrogens (tertiary/aromatic N) is 1. The molecule has 0 amide bonds. The molecular formula is C14H17FN2O. The first-order valence-corrected chi connectivity index (χ1v) is 5.85. The van der Waals surface area contributed by atoms with E-state index >= 15 is 0 Å². The monoisotopic (exact) mass is 248 g/mol. The minimum Gasteiger partial charge on any atom is -0.497 e. The molecule has 18 heavy (non-hydrogen) atoms. The number of rotatable bonds is 5. The van der Waals surface area contributed by atoms with Gasteiger partial charge in [0.25, 0.3) is 0 Å². The topological polar surface area (TPSA) is 26.2 Å². The number of aromatic nitrogens is 1. The van der Waals surface area contributed by atoms with E-state index in [0.29, 0.717) is 17.9 Å². The fourth-order valence-electron chi connectivity index (χ4n) is 1.91. The van der Waals surface area contributed by atoms with Crippen molar-refractivity contribution in [2.24, 2.45) is 0 Å². The van der Waals surface area contributed by atoms with Crippen LogP contribution < -0.4 is 10.1 Å². The van der Waals surface area contributed by atoms with Gasteiger partial charge in [0, 0.05) is 30.1 Å². The van der Waals surface area contributed by atoms with Crippen molar-refractivity contribution in [1.82, 2.24) is 9.88 Å². The summed E-state index contributed by atoms with van der Waals surface area (Å²) in [5, 5.41) is 3.09. The molecule has 1 aromatic carbocycles. The Kier molecular flexibility index (Phi) is 3.99. The summed E-state index contributed by atoms with van der Waals surface area (Å²) in [7, 11) is 3.43. The molecule has 3 nitrogen and oxygen atoms in total. The van der Waals surface area contributed by atoms with Crippen molar-refractivity contribution in [3.05, 3.63) is 53.6 Å². The highest BCUT2D eigenvalue weighted by atomic mass is 19.1. The standard InChI is InChI=1S/C14H17FN2O/c1-16-9-12-4-3-7-17(12)10-11-5-6-13(18-2)8-14(11)15/h3-8,16H,9-10H2,1-2H3. The Morgan fingerprint density at radius 1 is 1.33 bits per heavy atom. The molecule has 1 aromatic heterocycles. The van der Waals surface area contributed by atoms with Gasteiger partial charge in [-0.25, -0.2) is 4.39 Å². The van der Waals surface area contributed by atoms with Gasteiger partial charge in [-0.15, -0.1) is 0 Å². The lowest BCUT2D eigenvalue weighted by molar-refractivity contribution is 0.410. The summed E-state index contributed by atoms with van der Waals surface area (Å²) in [6.45, 7) is 1.30. The summed E-state index contributed by atoms with van der Waals surface area (Å²) in [5.41, 5.74) is 1.79. The molecule has 2 aromatic rings. The Labute approximate surface area is 106 Å². The van der Waals surface area contributed by atoms with Crippen LogP contribution in [0.25, 0.3) is 0 Å². The zero-order valence-electron chi connectivity index (χ0n) is 10.6. The molecule has 0 aliphatic rings. The number of hydrogen-bond acceptors (Lipinski definition) is 2. The van der Waals surface area contributed by atoms with Gasteiger partial charge in [-0.05, 0) is 25.2 Å². The number of hydrogen-bond donors (Lipinski definition) is 1. The summed E-state index contributed by atoms with van der Waals surface area (Å²) in [6.07, 6.45) is 1.95. The Balaban J connectivity index is 2.20. The van der Waals surface area contributed by atoms with Crippen molar-refractivity contribution >= 4 is 0 Å². The second-order valence-corrected chi connectivity index (χ2v) is 4.12. The van der Waals surface area contributed by atoms with E-state index in [2.05, 4.69) is 5.32 Å². The Morgan fingerprint density at radius 2 is 2.17 bits per heavy atom. The third-order valence-electron chi connectivity index (χ3n) is 2.88. The van der Waals surface area contributed by atoms with E-state index in [1.807, 2.05) is 29.9 Å². The maximum absolute atomic E-state index is 13.8. The van der Waals surface area contributed by atoms with Gasteiger partial charge in [0.1, 0.15) is 11.6 Å². The van der Waals surface area contributed by atoms with Crippen LogP contribution in [0.1, 0.15) is 11.3 Å². The van der Waals surface area contributed by atoms with Crippen LogP contribution in [-0.2, 0) is 13.1 Å². The van der Waals surface area contributed by atoms with E-state index in [9.17, 15) is 4.39 Å². The number of halogens is 1. The maximum Gasteiger partial charge on any atom is 0.131 e. The summed E-state index contributed by atoms with van der Waals surface area (Å²) >= 11 is 0. The average molecular weight is 248 g/mol. The second kappa shape index (κ2) is 5.69. The van der Waals surface area contributed by atoms with Crippen LogP contribution in [0.5, 0.6) is 5.75 Å². The van der Waals surface area contributed by atoms with Crippen molar-refractivity contribution < 1.29 is 9.13 Å². The van der Waals surface area contributed by atoms with Gasteiger partial charge in [-0.1, -0.05) is 6.07 Å². The third kappa shape index (κ3) is 2.71. The summed E-state index contributed by atoms with van der Waals surface area (Å²) < 4.78 is 20.9. The predicted octanol–water partition coefficient (Wildman–Crippen LogP) is 2.40. The summed E-state index contributed by atoms with van der Waals surface area (Å²) in [6, 6.07) is 8.94. The molecule has 0 saturated heterocycles. The van der Waals surface area contributed by atoms with Crippen molar-refractivity contribution in [2.75, 3.05) is 14.2 Å². The molecule has 0 spiro atoms. The average Bonchev–Trinajstić information content (AvgIpc) is 2.80. The molecule has 1 N–H and O–H groups in total. The largest absolute Gasteiger partial charge is 0.497 e. The normalized spacial score (nSPS) is 10.6. The SMILES string of the molecule is CNCc1cccn1Cc1ccc(OC)cc1F. The van der Waals surface area contributed by atoms with Crippen molar-refractivity contribution in [2.45, 2.75) is 13.1 Å². The number of nitrogens with one attached hydrogen (secondary N) is 1. The Morgan fingerprint density at radius 3 is 2.83 bits per heavy atom. The Bertz CT molecular complexity index is 522. The van der Waals surface area contributed by atoms with Gasteiger partial charge < -0.3 is 14.6 Å². The molecule has 2 rings (SSSR count). The highest BCUT2D eigenvalue weighted by molar-refractivity contribution is 5.29. The molecule has 0 aliphatic heterocycles. The highest BCUT2D eigenvalue weighted by Gasteiger charge is 2.06. The minimum atomic E-state index is -0.238. The van der Waals surface area contributed by atoms with E-state index in [1.54, 1.807) is 12.1 Å². The Hall–Kier alpha value is -1.81. The first-order chi connectivity index (χ1) is 8.74. The van der Waals surface area contributed by atoms with Gasteiger partial charge >= 0.3 is 0 Å². The molecule has 0 bridgehead atoms. The van der Waals surface area contributed by atoms with Gasteiger partial charge in [0.05, 0.1) is 13.7 Å². The van der Waals surface area contributed by atoms with Crippen molar-refractivity contribution in [3.8, 4) is 5.75 Å². The molecule has 4 heteroatoms. The molecule has 0 radical (unpaired) electrons. The number of methoxy groups -OCH3 is 1. The molecule has 96 valence electrons. The summed E-state index contributed by atoms with van der Waals surface area (Å²) in [5.74, 6) is 0.303. The van der Waals surface area contributed by atoms with E-state index in [4.69, 9.17) is 4.74 Å². The third-order valence-corrected chi connectivity index (χ3v) is 2.88. The van der Waals surface area contributed by atoms with E-state index in [0.717, 1.165) is 12.2 Å². The molecule has 0 aliphatic carbocycles. The molecule has 0 fully saturated rings. The second-order valence-electron chi connectivity index (χ2n) is 4.12. The minimum absolute atomic E-state index is 0.238. The lowest BCUT2D eigenvalue weighted by Crippen LogP contribution is -2.12. The number of ether oxygens (including phenoxy) is 1. The van der Waals surface area contributed by atoms with Crippen LogP contribution in [0.4, 0.5) is 4.39 Å². The van der Waals surface area contributed by atoms with Gasteiger partial charge in [-0.2, -0.15) is 0 Å². The molecule has 0 saturated carbocycles. The molecule has 1 heterocycles. The fraction of sp³-hybridized carbons (Fsp3) is 0.286. The van der Waals surface area contributed by atoms with Crippen molar-refractivity contribution in [3.63, 3.8) is 0 Å². The van der Waals surface area contributed by atoms with E-state index in [-0.39, 0.29) is 5.82 Å². The van der Waals surface area contributed by atoms with Crippen molar-refractivity contribution in [1.29, 1.82) is 0 Å². The van der Waals surface area contributed by atoms with E-state index < -0.39 is 0 Å². The van der Waals surface area contributed by atoms with Crippen LogP contribution in [0.15, 0.2) is 36.5 Å². The smallest absolute Gasteiger partial charge is 0.131 e. The van der Waals surface area contributed by atoms with Crippen LogP contribution in [-0.4, -0.2) is 18.7 Å². The highest BCUT2D eigenvalue weighted by Crippen LogP contribution is 2.18. The number of benzene rings is 1. The van der Waals surface area contributed by atoms with Crippen LogP contribution in [0, 0.1) is 5.82 Å². The van der Waals surface area contributed by atoms with Crippen LogP contribution in [0.2, 0.25) is 0 Å². The zero-order valence-corrected chi connectivity index (χ0v) is 10.6. The quantitative estimate of drug-likeness (QED) is 0.879. The van der Waals surface area contributed by atoms with Gasteiger partial charge in [-0.3, -0.25) is 0 Å². The lowest BCUT2D eigenvalue weighted by atomic mass is 10.2. The van der Waals surface area contributed by atoms with E-state index in [1.165, 1.54) is 13.2 Å². The zero-order chi connectivity index (χ0) is 13.0. The lowest BCUT2D eigenvalue weighted by Gasteiger charge is -2.10. The first-order valence-electron chi connectivity index (χ1n) is 5.85. The maximum atomic E-state index is 13.8. The summed E-state index contributed by atoms with van der Waals surface area (Å²) in [4.78, 5) is 0. The fourth-order valence-corrected chi connectivity index (χ4v) is 1.91. The van der Waals surface area contributed by atoms with Gasteiger partial charge in [0.15, 0.2) is 0 Å². The van der Waals surface area contributed by atoms with Crippen LogP contribution >= 0.6 is 0 Å². The molecule has 0 unspecified atom stereocenters. The predicted molar refractivity (Wildman–Crippen MR) is 69.2 cm³/mol. The first kappa shape index (κ1) is 12.6. The van der Waals surface area contributed by atoms with Crippen LogP contribution in [0.3, 0.4) is 0 Å². The molecule has 0 atom stereocenters.